The van der Waals surface area contributed by atoms with Crippen LogP contribution in [0.4, 0.5) is 13.2 Å². The molecule has 3 rings (SSSR count). The maximum absolute atomic E-state index is 13.1. The van der Waals surface area contributed by atoms with Crippen molar-refractivity contribution < 1.29 is 18.0 Å². The van der Waals surface area contributed by atoms with Crippen LogP contribution >= 0.6 is 11.3 Å². The average molecular weight is 352 g/mol. The second kappa shape index (κ2) is 6.44. The Morgan fingerprint density at radius 1 is 1.33 bits per heavy atom. The number of carbonyl (C=O) groups is 1. The molecule has 0 fully saturated rings. The van der Waals surface area contributed by atoms with E-state index in [0.29, 0.717) is 0 Å². The van der Waals surface area contributed by atoms with Gasteiger partial charge < -0.3 is 4.57 Å². The van der Waals surface area contributed by atoms with Gasteiger partial charge in [-0.1, -0.05) is 12.1 Å². The molecule has 0 aliphatic rings. The van der Waals surface area contributed by atoms with E-state index in [1.54, 1.807) is 18.2 Å². The summed E-state index contributed by atoms with van der Waals surface area (Å²) in [5.41, 5.74) is 3.44. The van der Waals surface area contributed by atoms with Crippen LogP contribution in [-0.2, 0) is 17.5 Å². The van der Waals surface area contributed by atoms with Gasteiger partial charge in [0.05, 0.1) is 17.2 Å². The molecule has 2 heterocycles. The Morgan fingerprint density at radius 3 is 2.83 bits per heavy atom. The van der Waals surface area contributed by atoms with Crippen LogP contribution in [0.15, 0.2) is 46.2 Å². The minimum absolute atomic E-state index is 0.180. The smallest absolute Gasteiger partial charge is 0.311 e. The summed E-state index contributed by atoms with van der Waals surface area (Å²) >= 11 is 1.47. The van der Waals surface area contributed by atoms with Gasteiger partial charge in [-0.3, -0.25) is 4.79 Å². The summed E-state index contributed by atoms with van der Waals surface area (Å²) in [6.07, 6.45) is -3.23. The van der Waals surface area contributed by atoms with Gasteiger partial charge in [-0.25, -0.2) is 10.4 Å². The van der Waals surface area contributed by atoms with Crippen LogP contribution in [0, 0.1) is 0 Å². The van der Waals surface area contributed by atoms with Crippen LogP contribution in [0.1, 0.15) is 11.4 Å². The Labute approximate surface area is 138 Å². The number of aromatic nitrogens is 2. The molecule has 0 atom stereocenters. The summed E-state index contributed by atoms with van der Waals surface area (Å²) in [4.78, 5) is 15.5. The number of thiophene rings is 1. The van der Waals surface area contributed by atoms with Crippen LogP contribution in [0.3, 0.4) is 0 Å². The van der Waals surface area contributed by atoms with Crippen LogP contribution in [0.5, 0.6) is 0 Å². The fourth-order valence-corrected chi connectivity index (χ4v) is 2.77. The highest BCUT2D eigenvalue weighted by atomic mass is 32.1. The van der Waals surface area contributed by atoms with Crippen LogP contribution in [0.25, 0.3) is 11.0 Å². The highest BCUT2D eigenvalue weighted by molar-refractivity contribution is 7.08. The molecule has 0 bridgehead atoms. The van der Waals surface area contributed by atoms with Crippen molar-refractivity contribution >= 4 is 34.5 Å². The molecule has 1 N–H and O–H groups in total. The zero-order valence-electron chi connectivity index (χ0n) is 12.1. The molecule has 9 heteroatoms. The van der Waals surface area contributed by atoms with E-state index in [9.17, 15) is 18.0 Å². The van der Waals surface area contributed by atoms with Crippen molar-refractivity contribution in [3.8, 4) is 0 Å². The lowest BCUT2D eigenvalue weighted by Gasteiger charge is -2.10. The van der Waals surface area contributed by atoms with E-state index in [2.05, 4.69) is 15.5 Å². The third-order valence-electron chi connectivity index (χ3n) is 3.16. The van der Waals surface area contributed by atoms with E-state index in [4.69, 9.17) is 0 Å². The summed E-state index contributed by atoms with van der Waals surface area (Å²) in [7, 11) is 0. The van der Waals surface area contributed by atoms with E-state index in [0.717, 1.165) is 10.1 Å². The molecule has 0 radical (unpaired) electrons. The molecule has 1 aromatic carbocycles. The molecule has 0 saturated heterocycles. The Balaban J connectivity index is 1.82. The Morgan fingerprint density at radius 2 is 2.12 bits per heavy atom. The molecule has 124 valence electrons. The summed E-state index contributed by atoms with van der Waals surface area (Å²) in [5.74, 6) is -1.78. The predicted octanol–water partition coefficient (Wildman–Crippen LogP) is 3.27. The molecular weight excluding hydrogens is 341 g/mol. The number of fused-ring (bicyclic) bond motifs is 1. The van der Waals surface area contributed by atoms with Crippen molar-refractivity contribution in [2.75, 3.05) is 0 Å². The number of para-hydroxylation sites is 2. The van der Waals surface area contributed by atoms with Gasteiger partial charge in [0.15, 0.2) is 0 Å². The summed E-state index contributed by atoms with van der Waals surface area (Å²) in [6, 6.07) is 7.93. The average Bonchev–Trinajstić information content (AvgIpc) is 3.15. The van der Waals surface area contributed by atoms with E-state index in [1.165, 1.54) is 29.7 Å². The number of hydrazone groups is 1. The highest BCUT2D eigenvalue weighted by Crippen LogP contribution is 2.31. The van der Waals surface area contributed by atoms with Crippen molar-refractivity contribution in [1.82, 2.24) is 15.0 Å². The van der Waals surface area contributed by atoms with Crippen LogP contribution in [0.2, 0.25) is 0 Å². The number of halogens is 3. The monoisotopic (exact) mass is 352 g/mol. The first-order chi connectivity index (χ1) is 11.4. The lowest BCUT2D eigenvalue weighted by Crippen LogP contribution is -2.26. The van der Waals surface area contributed by atoms with E-state index in [-0.39, 0.29) is 11.0 Å². The van der Waals surface area contributed by atoms with Gasteiger partial charge in [0, 0.05) is 5.56 Å². The molecule has 0 aliphatic heterocycles. The SMILES string of the molecule is O=C(Cn1c(C(F)(F)F)nc2ccccc21)NN=Cc1ccsc1. The topological polar surface area (TPSA) is 59.3 Å². The lowest BCUT2D eigenvalue weighted by molar-refractivity contribution is -0.147. The zero-order valence-corrected chi connectivity index (χ0v) is 12.9. The van der Waals surface area contributed by atoms with Crippen molar-refractivity contribution in [3.05, 3.63) is 52.5 Å². The quantitative estimate of drug-likeness (QED) is 0.579. The van der Waals surface area contributed by atoms with E-state index in [1.807, 2.05) is 10.8 Å². The molecule has 1 amide bonds. The summed E-state index contributed by atoms with van der Waals surface area (Å²) in [5, 5.41) is 7.40. The molecule has 3 aromatic rings. The summed E-state index contributed by atoms with van der Waals surface area (Å²) in [6.45, 7) is -0.531. The maximum atomic E-state index is 13.1. The number of hydrogen-bond acceptors (Lipinski definition) is 4. The largest absolute Gasteiger partial charge is 0.449 e. The minimum Gasteiger partial charge on any atom is -0.311 e. The number of carbonyl (C=O) groups excluding carboxylic acids is 1. The number of imidazole rings is 1. The molecule has 5 nitrogen and oxygen atoms in total. The number of alkyl halides is 3. The van der Waals surface area contributed by atoms with Gasteiger partial charge in [0.25, 0.3) is 5.91 Å². The Kier molecular flexibility index (Phi) is 4.34. The normalized spacial score (nSPS) is 12.1. The Bertz CT molecular complexity index is 884. The molecule has 0 unspecified atom stereocenters. The second-order valence-electron chi connectivity index (χ2n) is 4.86. The van der Waals surface area contributed by atoms with Crippen molar-refractivity contribution in [2.24, 2.45) is 5.10 Å². The standard InChI is InChI=1S/C15H11F3N4OS/c16-15(17,18)14-20-11-3-1-2-4-12(11)22(14)8-13(23)21-19-7-10-5-6-24-9-10/h1-7,9H,8H2,(H,21,23). The first kappa shape index (κ1) is 16.2. The molecule has 0 aliphatic carbocycles. The number of amides is 1. The zero-order chi connectivity index (χ0) is 17.2. The highest BCUT2D eigenvalue weighted by Gasteiger charge is 2.37. The van der Waals surface area contributed by atoms with Crippen molar-refractivity contribution in [2.45, 2.75) is 12.7 Å². The number of hydrogen-bond donors (Lipinski definition) is 1. The van der Waals surface area contributed by atoms with E-state index >= 15 is 0 Å². The number of benzene rings is 1. The predicted molar refractivity (Wildman–Crippen MR) is 84.8 cm³/mol. The van der Waals surface area contributed by atoms with Gasteiger partial charge in [-0.15, -0.1) is 0 Å². The van der Waals surface area contributed by atoms with Gasteiger partial charge in [0.2, 0.25) is 5.82 Å². The van der Waals surface area contributed by atoms with Gasteiger partial charge in [-0.2, -0.15) is 29.6 Å². The van der Waals surface area contributed by atoms with Gasteiger partial charge in [-0.05, 0) is 29.0 Å². The third-order valence-corrected chi connectivity index (χ3v) is 3.86. The number of rotatable bonds is 4. The lowest BCUT2D eigenvalue weighted by atomic mass is 10.3. The summed E-state index contributed by atoms with van der Waals surface area (Å²) < 4.78 is 40.2. The molecule has 0 spiro atoms. The van der Waals surface area contributed by atoms with Crippen LogP contribution in [-0.4, -0.2) is 21.7 Å². The van der Waals surface area contributed by atoms with Crippen molar-refractivity contribution in [1.29, 1.82) is 0 Å². The first-order valence-electron chi connectivity index (χ1n) is 6.82. The fourth-order valence-electron chi connectivity index (χ4n) is 2.16. The first-order valence-corrected chi connectivity index (χ1v) is 7.76. The Hall–Kier alpha value is -2.68. The molecule has 24 heavy (non-hydrogen) atoms. The maximum Gasteiger partial charge on any atom is 0.449 e. The molecule has 0 saturated carbocycles. The number of nitrogens with zero attached hydrogens (tertiary/aromatic N) is 3. The van der Waals surface area contributed by atoms with Gasteiger partial charge in [0.1, 0.15) is 6.54 Å². The van der Waals surface area contributed by atoms with Gasteiger partial charge >= 0.3 is 6.18 Å². The number of nitrogens with one attached hydrogen (secondary N) is 1. The molecular formula is C15H11F3N4OS. The minimum atomic E-state index is -4.65. The third kappa shape index (κ3) is 3.46. The van der Waals surface area contributed by atoms with Crippen molar-refractivity contribution in [3.63, 3.8) is 0 Å². The fraction of sp³-hybridized carbons (Fsp3) is 0.133. The second-order valence-corrected chi connectivity index (χ2v) is 5.64. The van der Waals surface area contributed by atoms with Crippen LogP contribution < -0.4 is 5.43 Å². The molecule has 2 aromatic heterocycles. The van der Waals surface area contributed by atoms with E-state index < -0.39 is 24.5 Å².